The minimum Gasteiger partial charge on any atom is -0.360 e. The van der Waals surface area contributed by atoms with Crippen molar-refractivity contribution in [2.24, 2.45) is 0 Å². The Kier molecular flexibility index (Phi) is 3.70. The van der Waals surface area contributed by atoms with E-state index >= 15 is 0 Å². The summed E-state index contributed by atoms with van der Waals surface area (Å²) in [5, 5.41) is 3.19. The van der Waals surface area contributed by atoms with Crippen LogP contribution in [0, 0.1) is 19.7 Å². The van der Waals surface area contributed by atoms with E-state index in [2.05, 4.69) is 10.3 Å². The number of carbonyl (C=O) groups excluding carboxylic acids is 2. The first-order valence-electron chi connectivity index (χ1n) is 7.16. The summed E-state index contributed by atoms with van der Waals surface area (Å²) in [7, 11) is 0. The summed E-state index contributed by atoms with van der Waals surface area (Å²) in [5.41, 5.74) is 3.10. The number of para-hydroxylation sites is 1. The van der Waals surface area contributed by atoms with Crippen LogP contribution in [0.25, 0.3) is 10.9 Å². The van der Waals surface area contributed by atoms with Gasteiger partial charge in [0.25, 0.3) is 11.7 Å². The van der Waals surface area contributed by atoms with Crippen LogP contribution in [0.15, 0.2) is 42.6 Å². The second-order valence-electron chi connectivity index (χ2n) is 5.44. The molecule has 1 heterocycles. The summed E-state index contributed by atoms with van der Waals surface area (Å²) in [4.78, 5) is 27.5. The van der Waals surface area contributed by atoms with Crippen LogP contribution in [0.5, 0.6) is 0 Å². The lowest BCUT2D eigenvalue weighted by atomic mass is 10.1. The van der Waals surface area contributed by atoms with E-state index in [-0.39, 0.29) is 5.56 Å². The normalized spacial score (nSPS) is 10.7. The Morgan fingerprint density at radius 3 is 2.48 bits per heavy atom. The van der Waals surface area contributed by atoms with Gasteiger partial charge in [-0.15, -0.1) is 0 Å². The number of aromatic nitrogens is 1. The Balaban J connectivity index is 1.91. The highest BCUT2D eigenvalue weighted by Crippen LogP contribution is 2.22. The van der Waals surface area contributed by atoms with Crippen LogP contribution in [0.2, 0.25) is 0 Å². The van der Waals surface area contributed by atoms with Crippen LogP contribution in [0.3, 0.4) is 0 Å². The molecule has 1 amide bonds. The maximum absolute atomic E-state index is 13.2. The maximum atomic E-state index is 13.2. The van der Waals surface area contributed by atoms with Crippen LogP contribution in [0.4, 0.5) is 10.1 Å². The third-order valence-electron chi connectivity index (χ3n) is 3.81. The van der Waals surface area contributed by atoms with Crippen molar-refractivity contribution in [3.8, 4) is 0 Å². The van der Waals surface area contributed by atoms with E-state index in [1.54, 1.807) is 0 Å². The molecule has 2 aromatic carbocycles. The molecule has 0 unspecified atom stereocenters. The molecule has 0 saturated heterocycles. The SMILES string of the molecule is Cc1cccc(C)c1NC(=O)C(=O)c1c[nH]c2cc(F)ccc12. The van der Waals surface area contributed by atoms with E-state index in [4.69, 9.17) is 0 Å². The summed E-state index contributed by atoms with van der Waals surface area (Å²) < 4.78 is 13.2. The van der Waals surface area contributed by atoms with Gasteiger partial charge in [0.15, 0.2) is 0 Å². The number of halogens is 1. The predicted molar refractivity (Wildman–Crippen MR) is 87.1 cm³/mol. The van der Waals surface area contributed by atoms with Crippen molar-refractivity contribution in [1.82, 2.24) is 4.98 Å². The van der Waals surface area contributed by atoms with E-state index in [9.17, 15) is 14.0 Å². The van der Waals surface area contributed by atoms with Gasteiger partial charge in [-0.25, -0.2) is 4.39 Å². The van der Waals surface area contributed by atoms with Crippen molar-refractivity contribution in [2.45, 2.75) is 13.8 Å². The second-order valence-corrected chi connectivity index (χ2v) is 5.44. The van der Waals surface area contributed by atoms with Crippen molar-refractivity contribution < 1.29 is 14.0 Å². The molecule has 0 radical (unpaired) electrons. The zero-order valence-corrected chi connectivity index (χ0v) is 12.7. The van der Waals surface area contributed by atoms with Crippen LogP contribution >= 0.6 is 0 Å². The highest BCUT2D eigenvalue weighted by atomic mass is 19.1. The first kappa shape index (κ1) is 15.0. The minimum absolute atomic E-state index is 0.226. The average Bonchev–Trinajstić information content (AvgIpc) is 2.93. The molecule has 0 saturated carbocycles. The number of aromatic amines is 1. The molecule has 5 heteroatoms. The van der Waals surface area contributed by atoms with Gasteiger partial charge in [-0.1, -0.05) is 18.2 Å². The molecule has 0 aliphatic carbocycles. The van der Waals surface area contributed by atoms with E-state index in [0.717, 1.165) is 11.1 Å². The number of benzene rings is 2. The number of ketones is 1. The highest BCUT2D eigenvalue weighted by molar-refractivity contribution is 6.48. The van der Waals surface area contributed by atoms with Gasteiger partial charge in [0.1, 0.15) is 5.82 Å². The number of nitrogens with one attached hydrogen (secondary N) is 2. The largest absolute Gasteiger partial charge is 0.360 e. The summed E-state index contributed by atoms with van der Waals surface area (Å²) in [6, 6.07) is 9.64. The fourth-order valence-electron chi connectivity index (χ4n) is 2.59. The van der Waals surface area contributed by atoms with Gasteiger partial charge in [0, 0.05) is 22.8 Å². The smallest absolute Gasteiger partial charge is 0.296 e. The Labute approximate surface area is 132 Å². The van der Waals surface area contributed by atoms with Crippen molar-refractivity contribution >= 4 is 28.3 Å². The number of amides is 1. The lowest BCUT2D eigenvalue weighted by molar-refractivity contribution is -0.112. The number of H-pyrrole nitrogens is 1. The molecule has 0 aliphatic rings. The first-order valence-corrected chi connectivity index (χ1v) is 7.16. The number of hydrogen-bond donors (Lipinski definition) is 2. The molecule has 4 nitrogen and oxygen atoms in total. The molecular formula is C18H15FN2O2. The first-order chi connectivity index (χ1) is 11.0. The molecule has 2 N–H and O–H groups in total. The van der Waals surface area contributed by atoms with Gasteiger partial charge in [0.05, 0.1) is 5.56 Å². The van der Waals surface area contributed by atoms with Crippen LogP contribution < -0.4 is 5.32 Å². The van der Waals surface area contributed by atoms with Crippen molar-refractivity contribution in [1.29, 1.82) is 0 Å². The van der Waals surface area contributed by atoms with Crippen molar-refractivity contribution in [3.63, 3.8) is 0 Å². The summed E-state index contributed by atoms with van der Waals surface area (Å²) in [5.74, 6) is -1.78. The second kappa shape index (κ2) is 5.68. The minimum atomic E-state index is -0.715. The molecule has 1 aromatic heterocycles. The van der Waals surface area contributed by atoms with Crippen LogP contribution in [-0.2, 0) is 4.79 Å². The summed E-state index contributed by atoms with van der Waals surface area (Å²) >= 11 is 0. The lowest BCUT2D eigenvalue weighted by Crippen LogP contribution is -2.23. The zero-order chi connectivity index (χ0) is 16.6. The lowest BCUT2D eigenvalue weighted by Gasteiger charge is -2.10. The molecule has 116 valence electrons. The quantitative estimate of drug-likeness (QED) is 0.572. The molecule has 0 atom stereocenters. The van der Waals surface area contributed by atoms with Gasteiger partial charge in [-0.3, -0.25) is 9.59 Å². The molecule has 0 aliphatic heterocycles. The number of hydrogen-bond acceptors (Lipinski definition) is 2. The molecule has 0 bridgehead atoms. The van der Waals surface area contributed by atoms with Crippen LogP contribution in [-0.4, -0.2) is 16.7 Å². The topological polar surface area (TPSA) is 62.0 Å². The standard InChI is InChI=1S/C18H15FN2O2/c1-10-4-3-5-11(2)16(10)21-18(23)17(22)14-9-20-15-8-12(19)6-7-13(14)15/h3-9,20H,1-2H3,(H,21,23). The predicted octanol–water partition coefficient (Wildman–Crippen LogP) is 3.75. The third-order valence-corrected chi connectivity index (χ3v) is 3.81. The maximum Gasteiger partial charge on any atom is 0.296 e. The molecule has 0 fully saturated rings. The fourth-order valence-corrected chi connectivity index (χ4v) is 2.59. The number of aryl methyl sites for hydroxylation is 2. The molecule has 23 heavy (non-hydrogen) atoms. The number of carbonyl (C=O) groups is 2. The monoisotopic (exact) mass is 310 g/mol. The van der Waals surface area contributed by atoms with E-state index in [1.165, 1.54) is 24.4 Å². The Bertz CT molecular complexity index is 908. The van der Waals surface area contributed by atoms with E-state index in [1.807, 2.05) is 32.0 Å². The Hall–Kier alpha value is -2.95. The fraction of sp³-hybridized carbons (Fsp3) is 0.111. The van der Waals surface area contributed by atoms with Crippen molar-refractivity contribution in [3.05, 3.63) is 65.1 Å². The molecule has 3 aromatic rings. The van der Waals surface area contributed by atoms with Gasteiger partial charge in [-0.05, 0) is 43.2 Å². The number of rotatable bonds is 3. The van der Waals surface area contributed by atoms with Crippen molar-refractivity contribution in [2.75, 3.05) is 5.32 Å². The van der Waals surface area contributed by atoms with Gasteiger partial charge >= 0.3 is 0 Å². The van der Waals surface area contributed by atoms with Crippen LogP contribution in [0.1, 0.15) is 21.5 Å². The van der Waals surface area contributed by atoms with Gasteiger partial charge < -0.3 is 10.3 Å². The number of fused-ring (bicyclic) bond motifs is 1. The Morgan fingerprint density at radius 2 is 1.78 bits per heavy atom. The average molecular weight is 310 g/mol. The van der Waals surface area contributed by atoms with E-state index in [0.29, 0.717) is 16.6 Å². The number of anilines is 1. The third kappa shape index (κ3) is 2.73. The number of Topliss-reactive ketones (excluding diaryl/α,β-unsaturated/α-hetero) is 1. The Morgan fingerprint density at radius 1 is 1.09 bits per heavy atom. The van der Waals surface area contributed by atoms with E-state index < -0.39 is 17.5 Å². The summed E-state index contributed by atoms with van der Waals surface area (Å²) in [6.45, 7) is 3.73. The zero-order valence-electron chi connectivity index (χ0n) is 12.7. The molecule has 0 spiro atoms. The van der Waals surface area contributed by atoms with Gasteiger partial charge in [-0.2, -0.15) is 0 Å². The van der Waals surface area contributed by atoms with Gasteiger partial charge in [0.2, 0.25) is 0 Å². The molecular weight excluding hydrogens is 295 g/mol. The summed E-state index contributed by atoms with van der Waals surface area (Å²) in [6.07, 6.45) is 1.43. The molecule has 3 rings (SSSR count). The highest BCUT2D eigenvalue weighted by Gasteiger charge is 2.21.